The number of aromatic nitrogens is 3. The van der Waals surface area contributed by atoms with Gasteiger partial charge in [0, 0.05) is 12.6 Å². The Bertz CT molecular complexity index is 703. The van der Waals surface area contributed by atoms with E-state index >= 15 is 0 Å². The van der Waals surface area contributed by atoms with E-state index in [-0.39, 0.29) is 22.7 Å². The molecule has 23 heavy (non-hydrogen) atoms. The van der Waals surface area contributed by atoms with Gasteiger partial charge in [-0.25, -0.2) is 9.07 Å². The molecule has 0 aliphatic carbocycles. The highest BCUT2D eigenvalue weighted by Crippen LogP contribution is 2.20. The molecule has 2 aromatic rings. The Kier molecular flexibility index (Phi) is 5.68. The number of halogens is 2. The summed E-state index contributed by atoms with van der Waals surface area (Å²) in [5.74, 6) is -0.810. The number of benzene rings is 1. The van der Waals surface area contributed by atoms with E-state index in [0.29, 0.717) is 17.9 Å². The van der Waals surface area contributed by atoms with Crippen molar-refractivity contribution in [1.29, 1.82) is 0 Å². The summed E-state index contributed by atoms with van der Waals surface area (Å²) in [5.41, 5.74) is 1.33. The van der Waals surface area contributed by atoms with Crippen molar-refractivity contribution in [2.75, 3.05) is 13.1 Å². The minimum absolute atomic E-state index is 0.0112. The third kappa shape index (κ3) is 4.05. The number of carbonyl (C=O) groups is 1. The lowest BCUT2D eigenvalue weighted by atomic mass is 10.2. The molecule has 1 atom stereocenters. The summed E-state index contributed by atoms with van der Waals surface area (Å²) < 4.78 is 14.7. The summed E-state index contributed by atoms with van der Waals surface area (Å²) >= 11 is 5.78. The highest BCUT2D eigenvalue weighted by Gasteiger charge is 2.18. The predicted molar refractivity (Wildman–Crippen MR) is 86.5 cm³/mol. The van der Waals surface area contributed by atoms with E-state index in [9.17, 15) is 9.18 Å². The Morgan fingerprint density at radius 1 is 1.48 bits per heavy atom. The molecule has 0 saturated heterocycles. The van der Waals surface area contributed by atoms with Gasteiger partial charge in [0.25, 0.3) is 5.91 Å². The van der Waals surface area contributed by atoms with Crippen LogP contribution < -0.4 is 10.6 Å². The molecule has 0 aliphatic heterocycles. The monoisotopic (exact) mass is 339 g/mol. The van der Waals surface area contributed by atoms with E-state index in [0.717, 1.165) is 6.54 Å². The van der Waals surface area contributed by atoms with Crippen molar-refractivity contribution in [3.05, 3.63) is 40.4 Å². The molecular weight excluding hydrogens is 321 g/mol. The molecule has 0 fully saturated rings. The summed E-state index contributed by atoms with van der Waals surface area (Å²) in [7, 11) is 0. The van der Waals surface area contributed by atoms with E-state index in [4.69, 9.17) is 11.6 Å². The van der Waals surface area contributed by atoms with E-state index in [1.165, 1.54) is 22.9 Å². The van der Waals surface area contributed by atoms with E-state index in [1.807, 2.05) is 13.8 Å². The zero-order valence-electron chi connectivity index (χ0n) is 13.2. The topological polar surface area (TPSA) is 71.8 Å². The van der Waals surface area contributed by atoms with Crippen molar-refractivity contribution in [1.82, 2.24) is 25.6 Å². The normalized spacial score (nSPS) is 12.2. The van der Waals surface area contributed by atoms with Gasteiger partial charge < -0.3 is 10.6 Å². The molecule has 0 unspecified atom stereocenters. The average molecular weight is 340 g/mol. The molecule has 0 aliphatic rings. The van der Waals surface area contributed by atoms with Crippen LogP contribution in [0.15, 0.2) is 18.2 Å². The standard InChI is InChI=1S/C15H19ClFN5O/c1-4-18-9(2)8-19-15(23)14-10(3)22(21-20-14)11-5-6-13(17)12(16)7-11/h5-7,9,18H,4,8H2,1-3H3,(H,19,23)/t9-/m1/s1. The largest absolute Gasteiger partial charge is 0.349 e. The fourth-order valence-electron chi connectivity index (χ4n) is 2.15. The first-order valence-corrected chi connectivity index (χ1v) is 7.71. The zero-order chi connectivity index (χ0) is 17.0. The van der Waals surface area contributed by atoms with Crippen molar-refractivity contribution < 1.29 is 9.18 Å². The maximum atomic E-state index is 13.2. The molecule has 1 amide bonds. The second-order valence-electron chi connectivity index (χ2n) is 5.20. The Balaban J connectivity index is 2.15. The molecule has 0 saturated carbocycles. The van der Waals surface area contributed by atoms with Crippen molar-refractivity contribution in [2.24, 2.45) is 0 Å². The maximum absolute atomic E-state index is 13.2. The van der Waals surface area contributed by atoms with Crippen LogP contribution in [0.25, 0.3) is 5.69 Å². The number of hydrogen-bond donors (Lipinski definition) is 2. The second-order valence-corrected chi connectivity index (χ2v) is 5.61. The van der Waals surface area contributed by atoms with Gasteiger partial charge in [-0.3, -0.25) is 4.79 Å². The number of nitrogens with zero attached hydrogens (tertiary/aromatic N) is 3. The van der Waals surface area contributed by atoms with E-state index in [1.54, 1.807) is 6.92 Å². The van der Waals surface area contributed by atoms with Crippen LogP contribution in [0.4, 0.5) is 4.39 Å². The van der Waals surface area contributed by atoms with Gasteiger partial charge >= 0.3 is 0 Å². The summed E-state index contributed by atoms with van der Waals surface area (Å²) in [6.45, 7) is 7.02. The average Bonchev–Trinajstić information content (AvgIpc) is 2.90. The smallest absolute Gasteiger partial charge is 0.273 e. The van der Waals surface area contributed by atoms with Crippen LogP contribution >= 0.6 is 11.6 Å². The van der Waals surface area contributed by atoms with Crippen LogP contribution in [-0.4, -0.2) is 40.0 Å². The minimum atomic E-state index is -0.511. The van der Waals surface area contributed by atoms with Gasteiger partial charge in [0.2, 0.25) is 0 Å². The summed E-state index contributed by atoms with van der Waals surface area (Å²) in [6, 6.07) is 4.37. The highest BCUT2D eigenvalue weighted by atomic mass is 35.5. The first kappa shape index (κ1) is 17.4. The van der Waals surface area contributed by atoms with Gasteiger partial charge in [-0.05, 0) is 38.6 Å². The van der Waals surface area contributed by atoms with Crippen LogP contribution in [0.2, 0.25) is 5.02 Å². The molecule has 1 aromatic carbocycles. The SMILES string of the molecule is CCN[C@H](C)CNC(=O)c1nnn(-c2ccc(F)c(Cl)c2)c1C. The maximum Gasteiger partial charge on any atom is 0.273 e. The summed E-state index contributed by atoms with van der Waals surface area (Å²) in [5, 5.41) is 13.9. The van der Waals surface area contributed by atoms with Gasteiger partial charge in [0.05, 0.1) is 16.4 Å². The van der Waals surface area contributed by atoms with Gasteiger partial charge in [-0.15, -0.1) is 5.10 Å². The fourth-order valence-corrected chi connectivity index (χ4v) is 2.33. The number of amides is 1. The molecule has 8 heteroatoms. The van der Waals surface area contributed by atoms with Gasteiger partial charge in [0.15, 0.2) is 5.69 Å². The molecule has 0 radical (unpaired) electrons. The van der Waals surface area contributed by atoms with E-state index < -0.39 is 5.82 Å². The number of rotatable bonds is 6. The van der Waals surface area contributed by atoms with Crippen molar-refractivity contribution in [3.63, 3.8) is 0 Å². The van der Waals surface area contributed by atoms with Crippen LogP contribution in [0.5, 0.6) is 0 Å². The molecule has 6 nitrogen and oxygen atoms in total. The van der Waals surface area contributed by atoms with Gasteiger partial charge in [-0.2, -0.15) is 0 Å². The summed E-state index contributed by atoms with van der Waals surface area (Å²) in [6.07, 6.45) is 0. The number of hydrogen-bond acceptors (Lipinski definition) is 4. The van der Waals surface area contributed by atoms with E-state index in [2.05, 4.69) is 20.9 Å². The third-order valence-electron chi connectivity index (χ3n) is 3.38. The number of likely N-dealkylation sites (N-methyl/N-ethyl adjacent to an activating group) is 1. The molecule has 2 N–H and O–H groups in total. The van der Waals surface area contributed by atoms with Gasteiger partial charge in [0.1, 0.15) is 5.82 Å². The zero-order valence-corrected chi connectivity index (χ0v) is 14.0. The molecule has 124 valence electrons. The molecule has 0 spiro atoms. The molecule has 0 bridgehead atoms. The molecule has 2 rings (SSSR count). The fraction of sp³-hybridized carbons (Fsp3) is 0.400. The lowest BCUT2D eigenvalue weighted by Crippen LogP contribution is -2.39. The predicted octanol–water partition coefficient (Wildman–Crippen LogP) is 2.10. The molecule has 1 aromatic heterocycles. The Labute approximate surface area is 139 Å². The lowest BCUT2D eigenvalue weighted by molar-refractivity contribution is 0.0944. The van der Waals surface area contributed by atoms with Crippen molar-refractivity contribution >= 4 is 17.5 Å². The molecule has 1 heterocycles. The minimum Gasteiger partial charge on any atom is -0.349 e. The quantitative estimate of drug-likeness (QED) is 0.845. The van der Waals surface area contributed by atoms with Crippen LogP contribution in [-0.2, 0) is 0 Å². The second kappa shape index (κ2) is 7.52. The van der Waals surface area contributed by atoms with Crippen LogP contribution in [0.3, 0.4) is 0 Å². The third-order valence-corrected chi connectivity index (χ3v) is 3.67. The molecular formula is C15H19ClFN5O. The first-order valence-electron chi connectivity index (χ1n) is 7.33. The lowest BCUT2D eigenvalue weighted by Gasteiger charge is -2.12. The van der Waals surface area contributed by atoms with Crippen LogP contribution in [0.1, 0.15) is 30.0 Å². The highest BCUT2D eigenvalue weighted by molar-refractivity contribution is 6.30. The Hall–Kier alpha value is -1.99. The first-order chi connectivity index (χ1) is 10.9. The van der Waals surface area contributed by atoms with Crippen molar-refractivity contribution in [2.45, 2.75) is 26.8 Å². The Morgan fingerprint density at radius 3 is 2.87 bits per heavy atom. The van der Waals surface area contributed by atoms with Crippen molar-refractivity contribution in [3.8, 4) is 5.69 Å². The number of carbonyl (C=O) groups excluding carboxylic acids is 1. The summed E-state index contributed by atoms with van der Waals surface area (Å²) in [4.78, 5) is 12.2. The number of nitrogens with one attached hydrogen (secondary N) is 2. The van der Waals surface area contributed by atoms with Gasteiger partial charge in [-0.1, -0.05) is 23.7 Å². The van der Waals surface area contributed by atoms with Crippen LogP contribution in [0, 0.1) is 12.7 Å². The Morgan fingerprint density at radius 2 is 2.22 bits per heavy atom.